The Kier molecular flexibility index (Phi) is 6.70. The number of carbonyl (C=O) groups excluding carboxylic acids is 2. The van der Waals surface area contributed by atoms with Crippen molar-refractivity contribution in [3.8, 4) is 0 Å². The van der Waals surface area contributed by atoms with Crippen LogP contribution in [0.25, 0.3) is 10.9 Å². The van der Waals surface area contributed by atoms with Crippen LogP contribution < -0.4 is 5.32 Å². The predicted molar refractivity (Wildman–Crippen MR) is 131 cm³/mol. The van der Waals surface area contributed by atoms with E-state index in [0.29, 0.717) is 13.0 Å². The molecule has 1 fully saturated rings. The molecule has 0 bridgehead atoms. The molecule has 2 N–H and O–H groups in total. The number of benzene rings is 2. The number of aliphatic hydroxyl groups is 1. The van der Waals surface area contributed by atoms with Crippen LogP contribution in [-0.2, 0) is 27.5 Å². The fourth-order valence-corrected chi connectivity index (χ4v) is 4.64. The molecule has 2 heterocycles. The van der Waals surface area contributed by atoms with Crippen LogP contribution in [0.2, 0.25) is 0 Å². The first-order chi connectivity index (χ1) is 17.0. The highest BCUT2D eigenvalue weighted by Crippen LogP contribution is 2.37. The molecule has 182 valence electrons. The Morgan fingerprint density at radius 3 is 2.54 bits per heavy atom. The Hall–Kier alpha value is -3.42. The average molecular weight is 475 g/mol. The van der Waals surface area contributed by atoms with Crippen LogP contribution in [0.3, 0.4) is 0 Å². The molecule has 7 heteroatoms. The highest BCUT2D eigenvalue weighted by Gasteiger charge is 2.32. The monoisotopic (exact) mass is 474 g/mol. The van der Waals surface area contributed by atoms with Crippen molar-refractivity contribution >= 4 is 22.7 Å². The number of amides is 1. The summed E-state index contributed by atoms with van der Waals surface area (Å²) in [6.45, 7) is 1.85. The van der Waals surface area contributed by atoms with Gasteiger partial charge in [0.15, 0.2) is 5.76 Å². The van der Waals surface area contributed by atoms with Gasteiger partial charge in [-0.15, -0.1) is 0 Å². The summed E-state index contributed by atoms with van der Waals surface area (Å²) in [4.78, 5) is 25.3. The lowest BCUT2D eigenvalue weighted by molar-refractivity contribution is -0.150. The number of aliphatic hydroxyl groups excluding tert-OH is 1. The molecule has 0 unspecified atom stereocenters. The van der Waals surface area contributed by atoms with Gasteiger partial charge in [-0.25, -0.2) is 0 Å². The maximum atomic E-state index is 13.0. The van der Waals surface area contributed by atoms with E-state index in [2.05, 4.69) is 5.32 Å². The minimum absolute atomic E-state index is 0.00726. The standard InChI is InChI=1S/C28H30N2O5/c1-18(32)30-15-24(23-7-2-3-8-25(23)30)21-13-26(28(33)29-22-5-4-6-22)35-27(14-21)34-17-20-11-9-19(16-31)10-12-20/h2-3,7-13,15,21-22,27,31H,4-6,14,16-17H2,1H3,(H,29,33)/t21-,27+/m1/s1. The molecule has 2 aromatic carbocycles. The largest absolute Gasteiger partial charge is 0.459 e. The second-order valence-corrected chi connectivity index (χ2v) is 9.30. The maximum Gasteiger partial charge on any atom is 0.286 e. The first kappa shape index (κ1) is 23.3. The quantitative estimate of drug-likeness (QED) is 0.530. The Labute approximate surface area is 204 Å². The molecular formula is C28H30N2O5. The Morgan fingerprint density at radius 2 is 1.86 bits per heavy atom. The van der Waals surface area contributed by atoms with Gasteiger partial charge in [0.2, 0.25) is 12.2 Å². The van der Waals surface area contributed by atoms with E-state index in [-0.39, 0.29) is 36.1 Å². The van der Waals surface area contributed by atoms with Crippen molar-refractivity contribution in [2.75, 3.05) is 0 Å². The van der Waals surface area contributed by atoms with Gasteiger partial charge in [0.05, 0.1) is 18.7 Å². The minimum Gasteiger partial charge on any atom is -0.459 e. The fraction of sp³-hybridized carbons (Fsp3) is 0.357. The number of rotatable bonds is 7. The maximum absolute atomic E-state index is 13.0. The molecule has 7 nitrogen and oxygen atoms in total. The SMILES string of the molecule is CC(=O)n1cc([C@@H]2C=C(C(=O)NC3CCC3)O[C@H](OCc3ccc(CO)cc3)C2)c2ccccc21. The number of aromatic nitrogens is 1. The van der Waals surface area contributed by atoms with E-state index in [1.54, 1.807) is 11.5 Å². The molecule has 0 saturated heterocycles. The molecule has 1 aliphatic carbocycles. The number of ether oxygens (including phenoxy) is 2. The summed E-state index contributed by atoms with van der Waals surface area (Å²) in [7, 11) is 0. The van der Waals surface area contributed by atoms with Crippen LogP contribution >= 0.6 is 0 Å². The van der Waals surface area contributed by atoms with Gasteiger partial charge in [-0.1, -0.05) is 42.5 Å². The van der Waals surface area contributed by atoms with Crippen LogP contribution in [0.4, 0.5) is 0 Å². The van der Waals surface area contributed by atoms with Crippen molar-refractivity contribution in [3.05, 3.63) is 83.3 Å². The number of hydrogen-bond donors (Lipinski definition) is 2. The highest BCUT2D eigenvalue weighted by molar-refractivity contribution is 5.95. The Bertz CT molecular complexity index is 1260. The summed E-state index contributed by atoms with van der Waals surface area (Å²) in [6, 6.07) is 15.5. The summed E-state index contributed by atoms with van der Waals surface area (Å²) in [5.41, 5.74) is 3.60. The summed E-state index contributed by atoms with van der Waals surface area (Å²) in [5.74, 6) is -0.187. The third kappa shape index (κ3) is 5.01. The normalized spacial score (nSPS) is 20.1. The predicted octanol–water partition coefficient (Wildman–Crippen LogP) is 4.39. The zero-order valence-electron chi connectivity index (χ0n) is 19.8. The lowest BCUT2D eigenvalue weighted by Gasteiger charge is -2.31. The molecule has 0 spiro atoms. The highest BCUT2D eigenvalue weighted by atomic mass is 16.7. The number of hydrogen-bond acceptors (Lipinski definition) is 5. The van der Waals surface area contributed by atoms with Crippen LogP contribution in [0.5, 0.6) is 0 Å². The van der Waals surface area contributed by atoms with Crippen molar-refractivity contribution in [2.24, 2.45) is 0 Å². The van der Waals surface area contributed by atoms with E-state index in [0.717, 1.165) is 46.9 Å². The van der Waals surface area contributed by atoms with Gasteiger partial charge in [-0.05, 0) is 48.1 Å². The van der Waals surface area contributed by atoms with Gasteiger partial charge in [-0.2, -0.15) is 0 Å². The first-order valence-corrected chi connectivity index (χ1v) is 12.1. The molecule has 1 aromatic heterocycles. The van der Waals surface area contributed by atoms with E-state index in [9.17, 15) is 14.7 Å². The van der Waals surface area contributed by atoms with Crippen LogP contribution in [0, 0.1) is 0 Å². The third-order valence-corrected chi connectivity index (χ3v) is 6.84. The minimum atomic E-state index is -0.621. The van der Waals surface area contributed by atoms with Gasteiger partial charge < -0.3 is 19.9 Å². The molecular weight excluding hydrogens is 444 g/mol. The van der Waals surface area contributed by atoms with E-state index in [4.69, 9.17) is 9.47 Å². The van der Waals surface area contributed by atoms with E-state index < -0.39 is 6.29 Å². The number of carbonyl (C=O) groups is 2. The van der Waals surface area contributed by atoms with Crippen molar-refractivity contribution in [3.63, 3.8) is 0 Å². The molecule has 1 amide bonds. The zero-order valence-corrected chi connectivity index (χ0v) is 19.8. The number of allylic oxidation sites excluding steroid dienone is 1. The fourth-order valence-electron chi connectivity index (χ4n) is 4.64. The van der Waals surface area contributed by atoms with Gasteiger partial charge in [0, 0.05) is 36.9 Å². The van der Waals surface area contributed by atoms with Crippen molar-refractivity contribution in [2.45, 2.75) is 64.1 Å². The molecule has 35 heavy (non-hydrogen) atoms. The van der Waals surface area contributed by atoms with Crippen molar-refractivity contribution < 1.29 is 24.2 Å². The molecule has 0 radical (unpaired) electrons. The van der Waals surface area contributed by atoms with Crippen molar-refractivity contribution in [1.29, 1.82) is 0 Å². The molecule has 1 aliphatic heterocycles. The lowest BCUT2D eigenvalue weighted by Crippen LogP contribution is -2.42. The van der Waals surface area contributed by atoms with Gasteiger partial charge in [-0.3, -0.25) is 14.2 Å². The summed E-state index contributed by atoms with van der Waals surface area (Å²) < 4.78 is 13.8. The average Bonchev–Trinajstić information content (AvgIpc) is 3.25. The Balaban J connectivity index is 1.42. The first-order valence-electron chi connectivity index (χ1n) is 12.1. The summed E-state index contributed by atoms with van der Waals surface area (Å²) in [5, 5.41) is 13.3. The number of nitrogens with zero attached hydrogens (tertiary/aromatic N) is 1. The number of nitrogens with one attached hydrogen (secondary N) is 1. The lowest BCUT2D eigenvalue weighted by atomic mass is 9.91. The summed E-state index contributed by atoms with van der Waals surface area (Å²) in [6.07, 6.45) is 6.71. The topological polar surface area (TPSA) is 89.8 Å². The van der Waals surface area contributed by atoms with E-state index >= 15 is 0 Å². The third-order valence-electron chi connectivity index (χ3n) is 6.84. The van der Waals surface area contributed by atoms with Gasteiger partial charge >= 0.3 is 0 Å². The Morgan fingerprint density at radius 1 is 1.11 bits per heavy atom. The number of fused-ring (bicyclic) bond motifs is 1. The zero-order chi connectivity index (χ0) is 24.4. The molecule has 2 atom stereocenters. The smallest absolute Gasteiger partial charge is 0.286 e. The second kappa shape index (κ2) is 10.1. The van der Waals surface area contributed by atoms with E-state index in [1.807, 2.05) is 60.8 Å². The van der Waals surface area contributed by atoms with Gasteiger partial charge in [0.1, 0.15) is 0 Å². The second-order valence-electron chi connectivity index (χ2n) is 9.30. The van der Waals surface area contributed by atoms with Crippen LogP contribution in [-0.4, -0.2) is 33.8 Å². The van der Waals surface area contributed by atoms with E-state index in [1.165, 1.54) is 0 Å². The van der Waals surface area contributed by atoms with Gasteiger partial charge in [0.25, 0.3) is 5.91 Å². The molecule has 2 aliphatic rings. The summed E-state index contributed by atoms with van der Waals surface area (Å²) >= 11 is 0. The molecule has 3 aromatic rings. The number of para-hydroxylation sites is 1. The molecule has 5 rings (SSSR count). The van der Waals surface area contributed by atoms with Crippen LogP contribution in [0.15, 0.2) is 66.6 Å². The van der Waals surface area contributed by atoms with Crippen molar-refractivity contribution in [1.82, 2.24) is 9.88 Å². The van der Waals surface area contributed by atoms with Crippen LogP contribution in [0.1, 0.15) is 60.0 Å². The molecule has 1 saturated carbocycles.